The molecule has 0 saturated carbocycles. The third-order valence-corrected chi connectivity index (χ3v) is 4.56. The predicted octanol–water partition coefficient (Wildman–Crippen LogP) is 4.72. The molecule has 172 valence electrons. The van der Waals surface area contributed by atoms with Crippen LogP contribution in [-0.4, -0.2) is 29.5 Å². The van der Waals surface area contributed by atoms with Gasteiger partial charge >= 0.3 is 5.97 Å². The second-order valence-electron chi connectivity index (χ2n) is 6.99. The van der Waals surface area contributed by atoms with Crippen LogP contribution in [0.25, 0.3) is 0 Å². The molecule has 0 radical (unpaired) electrons. The van der Waals surface area contributed by atoms with E-state index in [4.69, 9.17) is 25.6 Å². The molecule has 3 aromatic rings. The SMILES string of the molecule is Cc1cc(NC(=O)COC(=O)CCCC(=O)Nc2ccc(Oc3ccccc3Cl)cc2)no1. The molecule has 0 aliphatic rings. The number of hydrogen-bond donors (Lipinski definition) is 2. The molecule has 0 atom stereocenters. The number of hydrogen-bond acceptors (Lipinski definition) is 7. The van der Waals surface area contributed by atoms with Gasteiger partial charge in [-0.25, -0.2) is 0 Å². The lowest BCUT2D eigenvalue weighted by molar-refractivity contribution is -0.147. The Morgan fingerprint density at radius 1 is 1.00 bits per heavy atom. The summed E-state index contributed by atoms with van der Waals surface area (Å²) in [7, 11) is 0. The number of halogens is 1. The molecule has 1 aromatic heterocycles. The third-order valence-electron chi connectivity index (χ3n) is 4.25. The van der Waals surface area contributed by atoms with Gasteiger partial charge in [-0.05, 0) is 49.7 Å². The first-order valence-corrected chi connectivity index (χ1v) is 10.5. The van der Waals surface area contributed by atoms with Gasteiger partial charge in [0.25, 0.3) is 5.91 Å². The fourth-order valence-corrected chi connectivity index (χ4v) is 2.87. The maximum Gasteiger partial charge on any atom is 0.306 e. The maximum atomic E-state index is 12.1. The number of rotatable bonds is 10. The number of nitrogens with one attached hydrogen (secondary N) is 2. The summed E-state index contributed by atoms with van der Waals surface area (Å²) in [5, 5.41) is 9.29. The van der Waals surface area contributed by atoms with E-state index in [-0.39, 0.29) is 31.0 Å². The number of esters is 1. The Bertz CT molecular complexity index is 1110. The van der Waals surface area contributed by atoms with Gasteiger partial charge in [-0.15, -0.1) is 0 Å². The van der Waals surface area contributed by atoms with E-state index in [9.17, 15) is 14.4 Å². The van der Waals surface area contributed by atoms with E-state index in [1.165, 1.54) is 6.07 Å². The van der Waals surface area contributed by atoms with Gasteiger partial charge in [0.1, 0.15) is 17.3 Å². The van der Waals surface area contributed by atoms with Crippen LogP contribution >= 0.6 is 11.6 Å². The van der Waals surface area contributed by atoms with Crippen molar-refractivity contribution in [1.29, 1.82) is 0 Å². The van der Waals surface area contributed by atoms with Crippen molar-refractivity contribution in [2.24, 2.45) is 0 Å². The smallest absolute Gasteiger partial charge is 0.306 e. The van der Waals surface area contributed by atoms with Crippen molar-refractivity contribution in [1.82, 2.24) is 5.16 Å². The van der Waals surface area contributed by atoms with Crippen molar-refractivity contribution in [3.63, 3.8) is 0 Å². The van der Waals surface area contributed by atoms with Gasteiger partial charge in [0.2, 0.25) is 5.91 Å². The van der Waals surface area contributed by atoms with E-state index in [2.05, 4.69) is 15.8 Å². The Labute approximate surface area is 195 Å². The Kier molecular flexibility index (Phi) is 8.43. The number of para-hydroxylation sites is 1. The molecule has 0 aliphatic heterocycles. The molecule has 3 rings (SSSR count). The number of carbonyl (C=O) groups is 3. The quantitative estimate of drug-likeness (QED) is 0.410. The highest BCUT2D eigenvalue weighted by molar-refractivity contribution is 6.32. The van der Waals surface area contributed by atoms with E-state index in [1.807, 2.05) is 12.1 Å². The van der Waals surface area contributed by atoms with Crippen LogP contribution in [0.15, 0.2) is 59.1 Å². The molecule has 0 bridgehead atoms. The van der Waals surface area contributed by atoms with Crippen LogP contribution in [0.4, 0.5) is 11.5 Å². The van der Waals surface area contributed by atoms with Gasteiger partial charge in [-0.3, -0.25) is 14.4 Å². The van der Waals surface area contributed by atoms with Gasteiger partial charge < -0.3 is 24.6 Å². The number of ether oxygens (including phenoxy) is 2. The molecule has 2 N–H and O–H groups in total. The van der Waals surface area contributed by atoms with Crippen LogP contribution in [0, 0.1) is 6.92 Å². The van der Waals surface area contributed by atoms with Crippen molar-refractivity contribution >= 4 is 40.9 Å². The van der Waals surface area contributed by atoms with Crippen LogP contribution in [0.5, 0.6) is 11.5 Å². The molecule has 2 amide bonds. The summed E-state index contributed by atoms with van der Waals surface area (Å²) in [6, 6.07) is 15.5. The second-order valence-corrected chi connectivity index (χ2v) is 7.40. The minimum atomic E-state index is -0.574. The number of carbonyl (C=O) groups excluding carboxylic acids is 3. The average molecular weight is 472 g/mol. The summed E-state index contributed by atoms with van der Waals surface area (Å²) < 4.78 is 15.4. The Morgan fingerprint density at radius 2 is 1.76 bits per heavy atom. The lowest BCUT2D eigenvalue weighted by Crippen LogP contribution is -2.21. The molecule has 9 nitrogen and oxygen atoms in total. The highest BCUT2D eigenvalue weighted by Crippen LogP contribution is 2.29. The van der Waals surface area contributed by atoms with E-state index in [0.717, 1.165) is 0 Å². The molecular formula is C23H22ClN3O6. The Morgan fingerprint density at radius 3 is 2.45 bits per heavy atom. The summed E-state index contributed by atoms with van der Waals surface area (Å²) >= 11 is 6.07. The molecule has 0 fully saturated rings. The van der Waals surface area contributed by atoms with Crippen LogP contribution in [0.3, 0.4) is 0 Å². The van der Waals surface area contributed by atoms with Crippen molar-refractivity contribution in [3.05, 3.63) is 65.4 Å². The standard InChI is InChI=1S/C23H22ClN3O6/c1-15-13-20(27-33-15)26-22(29)14-31-23(30)8-4-7-21(28)25-16-9-11-17(12-10-16)32-19-6-3-2-5-18(19)24/h2-3,5-6,9-13H,4,7-8,14H2,1H3,(H,25,28)(H,26,27,29). The number of aromatic nitrogens is 1. The minimum Gasteiger partial charge on any atom is -0.456 e. The number of benzene rings is 2. The second kappa shape index (κ2) is 11.7. The molecule has 33 heavy (non-hydrogen) atoms. The zero-order valence-electron chi connectivity index (χ0n) is 17.8. The van der Waals surface area contributed by atoms with Crippen LogP contribution in [0.2, 0.25) is 5.02 Å². The topological polar surface area (TPSA) is 120 Å². The summed E-state index contributed by atoms with van der Waals surface area (Å²) in [5.74, 6) is 0.546. The van der Waals surface area contributed by atoms with Gasteiger partial charge in [0.05, 0.1) is 5.02 Å². The van der Waals surface area contributed by atoms with Crippen molar-refractivity contribution in [2.75, 3.05) is 17.2 Å². The number of anilines is 2. The van der Waals surface area contributed by atoms with Gasteiger partial charge in [0.15, 0.2) is 12.4 Å². The molecule has 0 aliphatic carbocycles. The number of aryl methyl sites for hydroxylation is 1. The van der Waals surface area contributed by atoms with E-state index < -0.39 is 18.5 Å². The first-order valence-electron chi connectivity index (χ1n) is 10.1. The van der Waals surface area contributed by atoms with Gasteiger partial charge in [-0.2, -0.15) is 0 Å². The van der Waals surface area contributed by atoms with Crippen molar-refractivity contribution in [3.8, 4) is 11.5 Å². The van der Waals surface area contributed by atoms with Gasteiger partial charge in [-0.1, -0.05) is 28.9 Å². The van der Waals surface area contributed by atoms with Gasteiger partial charge in [0, 0.05) is 24.6 Å². The van der Waals surface area contributed by atoms with Crippen molar-refractivity contribution < 1.29 is 28.4 Å². The first-order chi connectivity index (χ1) is 15.9. The first kappa shape index (κ1) is 23.8. The Hall–Kier alpha value is -3.85. The normalized spacial score (nSPS) is 10.4. The monoisotopic (exact) mass is 471 g/mol. The highest BCUT2D eigenvalue weighted by Gasteiger charge is 2.11. The van der Waals surface area contributed by atoms with Crippen molar-refractivity contribution in [2.45, 2.75) is 26.2 Å². The van der Waals surface area contributed by atoms with E-state index in [0.29, 0.717) is 28.0 Å². The molecule has 0 saturated heterocycles. The summed E-state index contributed by atoms with van der Waals surface area (Å²) in [6.45, 7) is 1.24. The lowest BCUT2D eigenvalue weighted by atomic mass is 10.2. The molecule has 2 aromatic carbocycles. The summed E-state index contributed by atoms with van der Waals surface area (Å²) in [6.07, 6.45) is 0.411. The van der Waals surface area contributed by atoms with Crippen LogP contribution < -0.4 is 15.4 Å². The van der Waals surface area contributed by atoms with Crippen LogP contribution in [0.1, 0.15) is 25.0 Å². The molecule has 0 unspecified atom stereocenters. The minimum absolute atomic E-state index is 0.00831. The summed E-state index contributed by atoms with van der Waals surface area (Å²) in [4.78, 5) is 35.6. The van der Waals surface area contributed by atoms with E-state index in [1.54, 1.807) is 43.3 Å². The van der Waals surface area contributed by atoms with E-state index >= 15 is 0 Å². The molecular weight excluding hydrogens is 450 g/mol. The molecule has 10 heteroatoms. The van der Waals surface area contributed by atoms with Crippen LogP contribution in [-0.2, 0) is 19.1 Å². The molecule has 1 heterocycles. The highest BCUT2D eigenvalue weighted by atomic mass is 35.5. The summed E-state index contributed by atoms with van der Waals surface area (Å²) in [5.41, 5.74) is 0.592. The zero-order valence-corrected chi connectivity index (χ0v) is 18.6. The predicted molar refractivity (Wildman–Crippen MR) is 121 cm³/mol. The third kappa shape index (κ3) is 7.97. The number of nitrogens with zero attached hydrogens (tertiary/aromatic N) is 1. The average Bonchev–Trinajstić information content (AvgIpc) is 3.19. The largest absolute Gasteiger partial charge is 0.456 e. The molecule has 0 spiro atoms. The zero-order chi connectivity index (χ0) is 23.6. The Balaban J connectivity index is 1.33. The fraction of sp³-hybridized carbons (Fsp3) is 0.217. The fourth-order valence-electron chi connectivity index (χ4n) is 2.70. The maximum absolute atomic E-state index is 12.1. The number of amides is 2. The lowest BCUT2D eigenvalue weighted by Gasteiger charge is -2.09.